The van der Waals surface area contributed by atoms with Crippen molar-refractivity contribution >= 4 is 6.03 Å². The molecule has 2 aromatic rings. The monoisotopic (exact) mass is 333 g/mol. The summed E-state index contributed by atoms with van der Waals surface area (Å²) in [6.45, 7) is 0.678. The molecule has 1 heterocycles. The second-order valence-corrected chi connectivity index (χ2v) is 6.09. The standard InChI is InChI=1S/C17H20FN3O3/c18-13-4-2-12(3-5-13)15-21-14(10-24-15)6-9-19-16(22)20-11-17(23)7-1-8-17/h2-5,10,23H,1,6-9,11H2,(H2,19,20,22). The van der Waals surface area contributed by atoms with E-state index in [0.717, 1.165) is 19.3 Å². The Labute approximate surface area is 139 Å². The van der Waals surface area contributed by atoms with Crippen molar-refractivity contribution in [2.75, 3.05) is 13.1 Å². The molecule has 1 aromatic carbocycles. The molecule has 1 fully saturated rings. The smallest absolute Gasteiger partial charge is 0.314 e. The van der Waals surface area contributed by atoms with Gasteiger partial charge in [0.25, 0.3) is 0 Å². The molecule has 0 unspecified atom stereocenters. The van der Waals surface area contributed by atoms with Crippen molar-refractivity contribution in [2.24, 2.45) is 0 Å². The molecule has 6 nitrogen and oxygen atoms in total. The van der Waals surface area contributed by atoms with Crippen LogP contribution in [0.25, 0.3) is 11.5 Å². The molecule has 0 radical (unpaired) electrons. The minimum atomic E-state index is -0.729. The Balaban J connectivity index is 1.42. The maximum absolute atomic E-state index is 12.9. The molecular weight excluding hydrogens is 313 g/mol. The number of urea groups is 1. The molecule has 2 amide bonds. The summed E-state index contributed by atoms with van der Waals surface area (Å²) in [5.74, 6) is 0.106. The second-order valence-electron chi connectivity index (χ2n) is 6.09. The summed E-state index contributed by atoms with van der Waals surface area (Å²) in [4.78, 5) is 16.0. The third-order valence-electron chi connectivity index (χ3n) is 4.17. The van der Waals surface area contributed by atoms with Crippen molar-refractivity contribution in [1.82, 2.24) is 15.6 Å². The van der Waals surface area contributed by atoms with E-state index in [9.17, 15) is 14.3 Å². The third kappa shape index (κ3) is 4.11. The molecular formula is C17H20FN3O3. The van der Waals surface area contributed by atoms with Crippen molar-refractivity contribution in [3.63, 3.8) is 0 Å². The quantitative estimate of drug-likeness (QED) is 0.756. The number of halogens is 1. The van der Waals surface area contributed by atoms with Crippen LogP contribution in [-0.2, 0) is 6.42 Å². The van der Waals surface area contributed by atoms with E-state index in [1.807, 2.05) is 0 Å². The highest BCUT2D eigenvalue weighted by atomic mass is 19.1. The fourth-order valence-electron chi connectivity index (χ4n) is 2.52. The normalized spacial score (nSPS) is 15.6. The number of carbonyl (C=O) groups excluding carboxylic acids is 1. The van der Waals surface area contributed by atoms with Crippen molar-refractivity contribution in [2.45, 2.75) is 31.3 Å². The summed E-state index contributed by atoms with van der Waals surface area (Å²) in [7, 11) is 0. The Morgan fingerprint density at radius 2 is 2.04 bits per heavy atom. The van der Waals surface area contributed by atoms with Gasteiger partial charge in [-0.05, 0) is 43.5 Å². The van der Waals surface area contributed by atoms with Gasteiger partial charge in [-0.25, -0.2) is 14.2 Å². The molecule has 1 aliphatic rings. The first kappa shape index (κ1) is 16.4. The van der Waals surface area contributed by atoms with E-state index in [-0.39, 0.29) is 18.4 Å². The maximum Gasteiger partial charge on any atom is 0.314 e. The number of aliphatic hydroxyl groups is 1. The number of aromatic nitrogens is 1. The highest BCUT2D eigenvalue weighted by Crippen LogP contribution is 2.30. The van der Waals surface area contributed by atoms with Crippen LogP contribution in [0.2, 0.25) is 0 Å². The third-order valence-corrected chi connectivity index (χ3v) is 4.17. The number of oxazole rings is 1. The Morgan fingerprint density at radius 1 is 1.29 bits per heavy atom. The number of nitrogens with zero attached hydrogens (tertiary/aromatic N) is 1. The zero-order chi connectivity index (χ0) is 17.0. The topological polar surface area (TPSA) is 87.4 Å². The van der Waals surface area contributed by atoms with Crippen molar-refractivity contribution < 1.29 is 18.7 Å². The molecule has 128 valence electrons. The van der Waals surface area contributed by atoms with Gasteiger partial charge in [0, 0.05) is 25.1 Å². The van der Waals surface area contributed by atoms with E-state index in [4.69, 9.17) is 4.42 Å². The number of benzene rings is 1. The molecule has 1 aliphatic carbocycles. The maximum atomic E-state index is 12.9. The van der Waals surface area contributed by atoms with Crippen LogP contribution in [0, 0.1) is 5.82 Å². The molecule has 0 spiro atoms. The Bertz CT molecular complexity index is 695. The van der Waals surface area contributed by atoms with E-state index in [2.05, 4.69) is 15.6 Å². The molecule has 0 bridgehead atoms. The van der Waals surface area contributed by atoms with Gasteiger partial charge in [-0.3, -0.25) is 0 Å². The molecule has 1 aromatic heterocycles. The van der Waals surface area contributed by atoms with Crippen molar-refractivity contribution in [3.05, 3.63) is 42.0 Å². The van der Waals surface area contributed by atoms with Crippen LogP contribution in [0.15, 0.2) is 34.9 Å². The number of rotatable bonds is 6. The van der Waals surface area contributed by atoms with Crippen molar-refractivity contribution in [1.29, 1.82) is 0 Å². The van der Waals surface area contributed by atoms with Gasteiger partial charge in [0.2, 0.25) is 5.89 Å². The van der Waals surface area contributed by atoms with Gasteiger partial charge >= 0.3 is 6.03 Å². The fourth-order valence-corrected chi connectivity index (χ4v) is 2.52. The van der Waals surface area contributed by atoms with Crippen LogP contribution >= 0.6 is 0 Å². The highest BCUT2D eigenvalue weighted by molar-refractivity contribution is 5.73. The first-order valence-corrected chi connectivity index (χ1v) is 7.99. The van der Waals surface area contributed by atoms with Crippen LogP contribution in [0.3, 0.4) is 0 Å². The summed E-state index contributed by atoms with van der Waals surface area (Å²) < 4.78 is 18.3. The minimum absolute atomic E-state index is 0.275. The van der Waals surface area contributed by atoms with E-state index >= 15 is 0 Å². The summed E-state index contributed by atoms with van der Waals surface area (Å²) in [5.41, 5.74) is 0.669. The lowest BCUT2D eigenvalue weighted by molar-refractivity contribution is -0.0290. The summed E-state index contributed by atoms with van der Waals surface area (Å²) in [5, 5.41) is 15.3. The van der Waals surface area contributed by atoms with E-state index in [1.165, 1.54) is 18.4 Å². The number of nitrogens with one attached hydrogen (secondary N) is 2. The summed E-state index contributed by atoms with van der Waals surface area (Å²) in [6.07, 6.45) is 4.51. The predicted molar refractivity (Wildman–Crippen MR) is 85.8 cm³/mol. The van der Waals surface area contributed by atoms with Crippen LogP contribution in [-0.4, -0.2) is 34.8 Å². The highest BCUT2D eigenvalue weighted by Gasteiger charge is 2.34. The molecule has 3 N–H and O–H groups in total. The first-order chi connectivity index (χ1) is 11.5. The SMILES string of the molecule is O=C(NCCc1coc(-c2ccc(F)cc2)n1)NCC1(O)CCC1. The molecule has 0 saturated heterocycles. The molecule has 0 aliphatic heterocycles. The lowest BCUT2D eigenvalue weighted by Crippen LogP contribution is -2.50. The first-order valence-electron chi connectivity index (χ1n) is 7.99. The van der Waals surface area contributed by atoms with E-state index in [1.54, 1.807) is 12.1 Å². The number of amides is 2. The summed E-state index contributed by atoms with van der Waals surface area (Å²) in [6, 6.07) is 5.59. The fraction of sp³-hybridized carbons (Fsp3) is 0.412. The van der Waals surface area contributed by atoms with Gasteiger partial charge in [-0.15, -0.1) is 0 Å². The number of hydrogen-bond donors (Lipinski definition) is 3. The average Bonchev–Trinajstić information content (AvgIpc) is 3.00. The van der Waals surface area contributed by atoms with Gasteiger partial charge in [-0.1, -0.05) is 0 Å². The Morgan fingerprint density at radius 3 is 2.71 bits per heavy atom. The minimum Gasteiger partial charge on any atom is -0.444 e. The zero-order valence-electron chi connectivity index (χ0n) is 13.2. The molecule has 24 heavy (non-hydrogen) atoms. The molecule has 1 saturated carbocycles. The average molecular weight is 333 g/mol. The van der Waals surface area contributed by atoms with Crippen LogP contribution in [0.4, 0.5) is 9.18 Å². The largest absolute Gasteiger partial charge is 0.444 e. The van der Waals surface area contributed by atoms with Gasteiger partial charge < -0.3 is 20.2 Å². The van der Waals surface area contributed by atoms with Crippen molar-refractivity contribution in [3.8, 4) is 11.5 Å². The van der Waals surface area contributed by atoms with Crippen LogP contribution < -0.4 is 10.6 Å². The predicted octanol–water partition coefficient (Wildman–Crippen LogP) is 2.24. The second kappa shape index (κ2) is 7.00. The number of hydrogen-bond acceptors (Lipinski definition) is 4. The Hall–Kier alpha value is -2.41. The van der Waals surface area contributed by atoms with Gasteiger partial charge in [0.05, 0.1) is 11.3 Å². The van der Waals surface area contributed by atoms with Crippen LogP contribution in [0.1, 0.15) is 25.0 Å². The number of carbonyl (C=O) groups is 1. The molecule has 3 rings (SSSR count). The van der Waals surface area contributed by atoms with Gasteiger partial charge in [0.1, 0.15) is 12.1 Å². The van der Waals surface area contributed by atoms with E-state index in [0.29, 0.717) is 30.1 Å². The lowest BCUT2D eigenvalue weighted by atomic mass is 9.80. The van der Waals surface area contributed by atoms with Crippen LogP contribution in [0.5, 0.6) is 0 Å². The zero-order valence-corrected chi connectivity index (χ0v) is 13.2. The lowest BCUT2D eigenvalue weighted by Gasteiger charge is -2.36. The van der Waals surface area contributed by atoms with Gasteiger partial charge in [-0.2, -0.15) is 0 Å². The summed E-state index contributed by atoms with van der Waals surface area (Å²) >= 11 is 0. The molecule has 0 atom stereocenters. The van der Waals surface area contributed by atoms with Gasteiger partial charge in [0.15, 0.2) is 0 Å². The van der Waals surface area contributed by atoms with E-state index < -0.39 is 5.60 Å². The Kier molecular flexibility index (Phi) is 4.80. The molecule has 7 heteroatoms.